The Labute approximate surface area is 108 Å². The fraction of sp³-hybridized carbons (Fsp3) is 0.571. The van der Waals surface area contributed by atoms with Gasteiger partial charge in [-0.1, -0.05) is 13.0 Å². The number of hydrogen-bond acceptors (Lipinski definition) is 3. The van der Waals surface area contributed by atoms with Gasteiger partial charge in [-0.3, -0.25) is 4.90 Å². The van der Waals surface area contributed by atoms with Crippen molar-refractivity contribution in [3.05, 3.63) is 29.6 Å². The number of nitrogens with zero attached hydrogens (tertiary/aromatic N) is 1. The van der Waals surface area contributed by atoms with Gasteiger partial charge in [0.1, 0.15) is 11.6 Å². The smallest absolute Gasteiger partial charge is 0.131 e. The first-order valence-corrected chi connectivity index (χ1v) is 6.40. The van der Waals surface area contributed by atoms with E-state index in [0.717, 1.165) is 19.5 Å². The molecule has 0 aliphatic carbocycles. The molecule has 1 aromatic rings. The molecule has 0 spiro atoms. The average Bonchev–Trinajstić information content (AvgIpc) is 2.36. The number of likely N-dealkylation sites (tertiary alicyclic amines) is 1. The van der Waals surface area contributed by atoms with E-state index in [4.69, 9.17) is 10.5 Å². The Morgan fingerprint density at radius 3 is 2.89 bits per heavy atom. The number of ether oxygens (including phenoxy) is 1. The molecule has 4 heteroatoms. The van der Waals surface area contributed by atoms with Gasteiger partial charge in [-0.15, -0.1) is 0 Å². The van der Waals surface area contributed by atoms with E-state index in [9.17, 15) is 4.39 Å². The summed E-state index contributed by atoms with van der Waals surface area (Å²) in [6, 6.07) is 5.21. The summed E-state index contributed by atoms with van der Waals surface area (Å²) in [7, 11) is 1.54. The fourth-order valence-corrected chi connectivity index (χ4v) is 2.34. The molecule has 1 saturated heterocycles. The molecule has 3 nitrogen and oxygen atoms in total. The molecule has 0 amide bonds. The largest absolute Gasteiger partial charge is 0.497 e. The molecule has 2 unspecified atom stereocenters. The molecule has 2 rings (SSSR count). The maximum absolute atomic E-state index is 13.8. The minimum Gasteiger partial charge on any atom is -0.497 e. The molecule has 0 aromatic heterocycles. The summed E-state index contributed by atoms with van der Waals surface area (Å²) in [5, 5.41) is 0. The number of nitrogens with two attached hydrogens (primary N) is 1. The lowest BCUT2D eigenvalue weighted by Gasteiger charge is -2.35. The van der Waals surface area contributed by atoms with E-state index in [1.54, 1.807) is 19.2 Å². The van der Waals surface area contributed by atoms with Crippen molar-refractivity contribution in [3.63, 3.8) is 0 Å². The maximum Gasteiger partial charge on any atom is 0.131 e. The first-order chi connectivity index (χ1) is 8.60. The highest BCUT2D eigenvalue weighted by atomic mass is 19.1. The number of hydrogen-bond donors (Lipinski definition) is 1. The second-order valence-electron chi connectivity index (χ2n) is 5.12. The summed E-state index contributed by atoms with van der Waals surface area (Å²) in [6.07, 6.45) is 1.08. The Balaban J connectivity index is 2.01. The second-order valence-corrected chi connectivity index (χ2v) is 5.12. The van der Waals surface area contributed by atoms with Crippen molar-refractivity contribution in [2.24, 2.45) is 11.7 Å². The van der Waals surface area contributed by atoms with Gasteiger partial charge < -0.3 is 10.5 Å². The van der Waals surface area contributed by atoms with Gasteiger partial charge in [-0.2, -0.15) is 0 Å². The van der Waals surface area contributed by atoms with Crippen LogP contribution in [-0.4, -0.2) is 31.1 Å². The fourth-order valence-electron chi connectivity index (χ4n) is 2.34. The first kappa shape index (κ1) is 13.3. The standard InChI is InChI=1S/C14H21FN2O/c1-10-5-6-17(9-14(10)16)8-11-3-4-12(18-2)7-13(11)15/h3-4,7,10,14H,5-6,8-9,16H2,1-2H3. The highest BCUT2D eigenvalue weighted by Gasteiger charge is 2.23. The van der Waals surface area contributed by atoms with E-state index >= 15 is 0 Å². The zero-order chi connectivity index (χ0) is 13.1. The lowest BCUT2D eigenvalue weighted by atomic mass is 9.94. The van der Waals surface area contributed by atoms with Crippen LogP contribution in [-0.2, 0) is 6.54 Å². The third kappa shape index (κ3) is 3.00. The molecule has 18 heavy (non-hydrogen) atoms. The highest BCUT2D eigenvalue weighted by Crippen LogP contribution is 2.21. The molecule has 100 valence electrons. The van der Waals surface area contributed by atoms with Gasteiger partial charge in [0.25, 0.3) is 0 Å². The van der Waals surface area contributed by atoms with Crippen molar-refractivity contribution in [3.8, 4) is 5.75 Å². The van der Waals surface area contributed by atoms with Crippen molar-refractivity contribution in [1.82, 2.24) is 4.90 Å². The van der Waals surface area contributed by atoms with Crippen molar-refractivity contribution in [2.75, 3.05) is 20.2 Å². The van der Waals surface area contributed by atoms with E-state index < -0.39 is 0 Å². The van der Waals surface area contributed by atoms with Crippen molar-refractivity contribution in [2.45, 2.75) is 25.9 Å². The van der Waals surface area contributed by atoms with Crippen LogP contribution in [0.5, 0.6) is 5.75 Å². The van der Waals surface area contributed by atoms with Crippen LogP contribution in [0.1, 0.15) is 18.9 Å². The van der Waals surface area contributed by atoms with Crippen LogP contribution in [0, 0.1) is 11.7 Å². The molecule has 2 atom stereocenters. The van der Waals surface area contributed by atoms with Crippen LogP contribution in [0.25, 0.3) is 0 Å². The van der Waals surface area contributed by atoms with Crippen molar-refractivity contribution in [1.29, 1.82) is 0 Å². The second kappa shape index (κ2) is 5.67. The van der Waals surface area contributed by atoms with Crippen LogP contribution in [0.15, 0.2) is 18.2 Å². The first-order valence-electron chi connectivity index (χ1n) is 6.40. The maximum atomic E-state index is 13.8. The Kier molecular flexibility index (Phi) is 4.19. The number of rotatable bonds is 3. The summed E-state index contributed by atoms with van der Waals surface area (Å²) in [5.41, 5.74) is 6.76. The van der Waals surface area contributed by atoms with Gasteiger partial charge in [0.05, 0.1) is 7.11 Å². The van der Waals surface area contributed by atoms with E-state index in [1.165, 1.54) is 6.07 Å². The average molecular weight is 252 g/mol. The normalized spacial score (nSPS) is 25.1. The van der Waals surface area contributed by atoms with Crippen LogP contribution in [0.2, 0.25) is 0 Å². The quantitative estimate of drug-likeness (QED) is 0.894. The van der Waals surface area contributed by atoms with Crippen molar-refractivity contribution < 1.29 is 9.13 Å². The highest BCUT2D eigenvalue weighted by molar-refractivity contribution is 5.28. The van der Waals surface area contributed by atoms with Gasteiger partial charge >= 0.3 is 0 Å². The molecular weight excluding hydrogens is 231 g/mol. The summed E-state index contributed by atoms with van der Waals surface area (Å²) >= 11 is 0. The molecule has 1 aliphatic rings. The van der Waals surface area contributed by atoms with Crippen LogP contribution < -0.4 is 10.5 Å². The summed E-state index contributed by atoms with van der Waals surface area (Å²) in [6.45, 7) is 4.62. The van der Waals surface area contributed by atoms with E-state index in [-0.39, 0.29) is 11.9 Å². The molecule has 1 fully saturated rings. The summed E-state index contributed by atoms with van der Waals surface area (Å²) < 4.78 is 18.8. The monoisotopic (exact) mass is 252 g/mol. The molecule has 0 bridgehead atoms. The van der Waals surface area contributed by atoms with Crippen LogP contribution in [0.3, 0.4) is 0 Å². The van der Waals surface area contributed by atoms with Gasteiger partial charge in [0.2, 0.25) is 0 Å². The lowest BCUT2D eigenvalue weighted by Crippen LogP contribution is -2.47. The summed E-state index contributed by atoms with van der Waals surface area (Å²) in [4.78, 5) is 2.22. The predicted octanol–water partition coefficient (Wildman–Crippen LogP) is 2.00. The topological polar surface area (TPSA) is 38.5 Å². The van der Waals surface area contributed by atoms with Gasteiger partial charge in [-0.25, -0.2) is 4.39 Å². The Bertz CT molecular complexity index is 411. The molecule has 1 heterocycles. The number of halogens is 1. The van der Waals surface area contributed by atoms with Crippen molar-refractivity contribution >= 4 is 0 Å². The van der Waals surface area contributed by atoms with Gasteiger partial charge in [-0.05, 0) is 24.9 Å². The molecule has 0 radical (unpaired) electrons. The minimum atomic E-state index is -0.207. The molecule has 1 aliphatic heterocycles. The lowest BCUT2D eigenvalue weighted by molar-refractivity contribution is 0.160. The van der Waals surface area contributed by atoms with Gasteiger partial charge in [0.15, 0.2) is 0 Å². The zero-order valence-electron chi connectivity index (χ0n) is 11.0. The van der Waals surface area contributed by atoms with E-state index in [1.807, 2.05) is 0 Å². The SMILES string of the molecule is COc1ccc(CN2CCC(C)C(N)C2)c(F)c1. The molecule has 1 aromatic carbocycles. The van der Waals surface area contributed by atoms with E-state index in [0.29, 0.717) is 23.8 Å². The molecule has 0 saturated carbocycles. The Morgan fingerprint density at radius 1 is 1.50 bits per heavy atom. The number of methoxy groups -OCH3 is 1. The molecular formula is C14H21FN2O. The van der Waals surface area contributed by atoms with E-state index in [2.05, 4.69) is 11.8 Å². The minimum absolute atomic E-state index is 0.194. The predicted molar refractivity (Wildman–Crippen MR) is 70.0 cm³/mol. The molecule has 2 N–H and O–H groups in total. The third-order valence-electron chi connectivity index (χ3n) is 3.75. The third-order valence-corrected chi connectivity index (χ3v) is 3.75. The Hall–Kier alpha value is -1.13. The Morgan fingerprint density at radius 2 is 2.28 bits per heavy atom. The zero-order valence-corrected chi connectivity index (χ0v) is 11.0. The summed E-state index contributed by atoms with van der Waals surface area (Å²) in [5.74, 6) is 0.906. The van der Waals surface area contributed by atoms with Crippen LogP contribution in [0.4, 0.5) is 4.39 Å². The number of benzene rings is 1. The van der Waals surface area contributed by atoms with Crippen LogP contribution >= 0.6 is 0 Å². The number of piperidine rings is 1. The van der Waals surface area contributed by atoms with Gasteiger partial charge in [0, 0.05) is 30.8 Å².